The maximum atomic E-state index is 13.0. The van der Waals surface area contributed by atoms with Gasteiger partial charge in [0.25, 0.3) is 5.56 Å². The van der Waals surface area contributed by atoms with Crippen LogP contribution in [-0.2, 0) is 26.3 Å². The molecule has 0 radical (unpaired) electrons. The maximum Gasteiger partial charge on any atom is 0.280 e. The van der Waals surface area contributed by atoms with Crippen LogP contribution in [0.3, 0.4) is 0 Å². The second-order valence-electron chi connectivity index (χ2n) is 12.3. The van der Waals surface area contributed by atoms with E-state index in [2.05, 4.69) is 36.2 Å². The molecule has 12 nitrogen and oxygen atoms in total. The summed E-state index contributed by atoms with van der Waals surface area (Å²) >= 11 is 3.39. The van der Waals surface area contributed by atoms with Crippen LogP contribution in [0.2, 0.25) is 0 Å². The minimum Gasteiger partial charge on any atom is -0.497 e. The van der Waals surface area contributed by atoms with Crippen molar-refractivity contribution >= 4 is 38.9 Å². The highest BCUT2D eigenvalue weighted by atomic mass is 79.9. The molecule has 4 aromatic carbocycles. The van der Waals surface area contributed by atoms with Crippen molar-refractivity contribution in [3.8, 4) is 11.5 Å². The fraction of sp³-hybridized carbons (Fsp3) is 0.231. The summed E-state index contributed by atoms with van der Waals surface area (Å²) in [4.78, 5) is 37.2. The van der Waals surface area contributed by atoms with Gasteiger partial charge in [-0.05, 0) is 58.7 Å². The first-order valence-electron chi connectivity index (χ1n) is 16.6. The van der Waals surface area contributed by atoms with Crippen LogP contribution in [0.15, 0.2) is 119 Å². The molecule has 1 amide bonds. The average Bonchev–Trinajstić information content (AvgIpc) is 3.77. The van der Waals surface area contributed by atoms with Crippen molar-refractivity contribution in [2.45, 2.75) is 36.9 Å². The number of aliphatic hydroxyl groups excluding tert-OH is 1. The Morgan fingerprint density at radius 1 is 0.942 bits per heavy atom. The number of aliphatic hydroxyl groups is 1. The minimum absolute atomic E-state index is 0.00260. The van der Waals surface area contributed by atoms with E-state index in [0.717, 1.165) is 26.7 Å². The molecule has 3 N–H and O–H groups in total. The molecule has 7 rings (SSSR count). The lowest BCUT2D eigenvalue weighted by molar-refractivity contribution is -0.115. The number of aromatic amines is 1. The van der Waals surface area contributed by atoms with Crippen molar-refractivity contribution in [1.82, 2.24) is 19.5 Å². The normalized spacial score (nSPS) is 17.3. The lowest BCUT2D eigenvalue weighted by Crippen LogP contribution is -2.38. The molecule has 0 bridgehead atoms. The first-order chi connectivity index (χ1) is 25.3. The molecule has 1 aliphatic rings. The Hall–Kier alpha value is -5.34. The molecule has 0 saturated carbocycles. The number of halogens is 1. The van der Waals surface area contributed by atoms with Crippen molar-refractivity contribution in [3.63, 3.8) is 0 Å². The highest BCUT2D eigenvalue weighted by molar-refractivity contribution is 9.10. The number of imidazole rings is 1. The summed E-state index contributed by atoms with van der Waals surface area (Å²) in [5, 5.41) is 14.0. The zero-order valence-corrected chi connectivity index (χ0v) is 29.9. The van der Waals surface area contributed by atoms with Gasteiger partial charge in [-0.2, -0.15) is 4.98 Å². The van der Waals surface area contributed by atoms with Crippen LogP contribution in [0.25, 0.3) is 11.2 Å². The van der Waals surface area contributed by atoms with Crippen molar-refractivity contribution in [1.29, 1.82) is 0 Å². The molecular weight excluding hydrogens is 730 g/mol. The van der Waals surface area contributed by atoms with Crippen molar-refractivity contribution in [2.24, 2.45) is 0 Å². The molecule has 1 fully saturated rings. The maximum absolute atomic E-state index is 13.0. The standard InChI is InChI=1S/C39H36BrN5O7/c1-49-29-16-10-26(11-17-29)39(25-6-4-3-5-7-25,27-12-18-30(50-2)19-13-27)51-22-32-31(46)21-34(52-32)45-23-41-35-36(45)43-38(44-37(35)48)42-33(47)20-24-8-14-28(40)15-9-24/h3-19,23,31-32,34,46H,20-22H2,1-2H3,(H2,42,43,44,47,48)/t31-,32+,34+/m0/s1. The Balaban J connectivity index is 1.16. The Labute approximate surface area is 307 Å². The number of rotatable bonds is 12. The first kappa shape index (κ1) is 35.1. The first-order valence-corrected chi connectivity index (χ1v) is 17.4. The Morgan fingerprint density at radius 2 is 1.56 bits per heavy atom. The van der Waals surface area contributed by atoms with Gasteiger partial charge in [-0.25, -0.2) is 4.98 Å². The fourth-order valence-electron chi connectivity index (χ4n) is 6.48. The molecule has 1 aliphatic heterocycles. The number of hydrogen-bond donors (Lipinski definition) is 3. The number of methoxy groups -OCH3 is 2. The van der Waals surface area contributed by atoms with Gasteiger partial charge in [0, 0.05) is 10.9 Å². The number of nitrogens with one attached hydrogen (secondary N) is 2. The average molecular weight is 767 g/mol. The van der Waals surface area contributed by atoms with Gasteiger partial charge >= 0.3 is 0 Å². The van der Waals surface area contributed by atoms with Crippen molar-refractivity contribution < 1.29 is 28.8 Å². The SMILES string of the molecule is COc1ccc(C(OC[C@H]2O[C@@H](n3cnc4c(=O)[nH]c(NC(=O)Cc5ccc(Br)cc5)nc43)C[C@@H]2O)(c2ccccc2)c2ccc(OC)cc2)cc1. The van der Waals surface area contributed by atoms with Gasteiger partial charge in [0.1, 0.15) is 29.4 Å². The molecule has 52 heavy (non-hydrogen) atoms. The van der Waals surface area contributed by atoms with Gasteiger partial charge in [-0.15, -0.1) is 0 Å². The summed E-state index contributed by atoms with van der Waals surface area (Å²) in [6.45, 7) is 0.00260. The summed E-state index contributed by atoms with van der Waals surface area (Å²) in [6, 6.07) is 32.6. The predicted molar refractivity (Wildman–Crippen MR) is 197 cm³/mol. The van der Waals surface area contributed by atoms with Crippen molar-refractivity contribution in [2.75, 3.05) is 26.1 Å². The lowest BCUT2D eigenvalue weighted by atomic mass is 9.80. The molecule has 266 valence electrons. The number of H-pyrrole nitrogens is 1. The number of aromatic nitrogens is 4. The van der Waals surface area contributed by atoms with E-state index in [4.69, 9.17) is 18.9 Å². The number of fused-ring (bicyclic) bond motifs is 1. The third-order valence-corrected chi connectivity index (χ3v) is 9.65. The van der Waals surface area contributed by atoms with Crippen LogP contribution in [0, 0.1) is 0 Å². The van der Waals surface area contributed by atoms with E-state index in [0.29, 0.717) is 11.5 Å². The zero-order valence-electron chi connectivity index (χ0n) is 28.4. The monoisotopic (exact) mass is 765 g/mol. The molecule has 0 spiro atoms. The third kappa shape index (κ3) is 7.08. The molecular formula is C39H36BrN5O7. The Morgan fingerprint density at radius 3 is 2.17 bits per heavy atom. The van der Waals surface area contributed by atoms with Gasteiger partial charge in [-0.1, -0.05) is 82.7 Å². The Bertz CT molecular complexity index is 2160. The third-order valence-electron chi connectivity index (χ3n) is 9.12. The van der Waals surface area contributed by atoms with Crippen LogP contribution in [0.4, 0.5) is 5.95 Å². The van der Waals surface area contributed by atoms with Gasteiger partial charge < -0.3 is 24.1 Å². The number of carbonyl (C=O) groups excluding carboxylic acids is 1. The quantitative estimate of drug-likeness (QED) is 0.133. The second kappa shape index (κ2) is 15.1. The van der Waals surface area contributed by atoms with Crippen LogP contribution >= 0.6 is 15.9 Å². The number of carbonyl (C=O) groups is 1. The smallest absolute Gasteiger partial charge is 0.280 e. The van der Waals surface area contributed by atoms with Crippen LogP contribution < -0.4 is 20.3 Å². The number of amides is 1. The van der Waals surface area contributed by atoms with E-state index >= 15 is 0 Å². The molecule has 3 heterocycles. The molecule has 0 unspecified atom stereocenters. The predicted octanol–water partition coefficient (Wildman–Crippen LogP) is 5.74. The summed E-state index contributed by atoms with van der Waals surface area (Å²) in [7, 11) is 3.23. The van der Waals surface area contributed by atoms with E-state index in [9.17, 15) is 14.7 Å². The number of hydrogen-bond acceptors (Lipinski definition) is 9. The molecule has 13 heteroatoms. The van der Waals surface area contributed by atoms with Crippen LogP contribution in [-0.4, -0.2) is 63.6 Å². The number of benzene rings is 4. The summed E-state index contributed by atoms with van der Waals surface area (Å²) < 4.78 is 26.8. The highest BCUT2D eigenvalue weighted by Crippen LogP contribution is 2.43. The zero-order chi connectivity index (χ0) is 36.2. The lowest BCUT2D eigenvalue weighted by Gasteiger charge is -2.37. The van der Waals surface area contributed by atoms with Gasteiger partial charge in [-0.3, -0.25) is 24.5 Å². The molecule has 0 aliphatic carbocycles. The van der Waals surface area contributed by atoms with Gasteiger partial charge in [0.2, 0.25) is 11.9 Å². The summed E-state index contributed by atoms with van der Waals surface area (Å²) in [6.07, 6.45) is -0.677. The van der Waals surface area contributed by atoms with E-state index in [1.54, 1.807) is 18.8 Å². The van der Waals surface area contributed by atoms with E-state index in [1.165, 1.54) is 6.33 Å². The van der Waals surface area contributed by atoms with E-state index in [-0.39, 0.29) is 42.5 Å². The van der Waals surface area contributed by atoms with Crippen molar-refractivity contribution in [3.05, 3.63) is 147 Å². The van der Waals surface area contributed by atoms with Gasteiger partial charge in [0.05, 0.1) is 39.7 Å². The molecule has 3 atom stereocenters. The summed E-state index contributed by atoms with van der Waals surface area (Å²) in [5.41, 5.74) is 2.00. The Kier molecular flexibility index (Phi) is 10.2. The molecule has 1 saturated heterocycles. The minimum atomic E-state index is -1.11. The highest BCUT2D eigenvalue weighted by Gasteiger charge is 2.42. The summed E-state index contributed by atoms with van der Waals surface area (Å²) in [5.74, 6) is 1.03. The van der Waals surface area contributed by atoms with E-state index in [1.807, 2.05) is 103 Å². The number of ether oxygens (including phenoxy) is 4. The van der Waals surface area contributed by atoms with E-state index < -0.39 is 29.6 Å². The van der Waals surface area contributed by atoms with Gasteiger partial charge in [0.15, 0.2) is 11.2 Å². The molecule has 6 aromatic rings. The van der Waals surface area contributed by atoms with Crippen LogP contribution in [0.1, 0.15) is 34.9 Å². The van der Waals surface area contributed by atoms with Crippen LogP contribution in [0.5, 0.6) is 11.5 Å². The topological polar surface area (TPSA) is 150 Å². The fourth-order valence-corrected chi connectivity index (χ4v) is 6.74. The largest absolute Gasteiger partial charge is 0.497 e. The second-order valence-corrected chi connectivity index (χ2v) is 13.3. The molecule has 2 aromatic heterocycles. The number of anilines is 1. The number of nitrogens with zero attached hydrogens (tertiary/aromatic N) is 3.